The molecule has 0 bridgehead atoms. The first-order chi connectivity index (χ1) is 8.08. The molecule has 0 radical (unpaired) electrons. The fourth-order valence-electron chi connectivity index (χ4n) is 1.68. The van der Waals surface area contributed by atoms with Crippen molar-refractivity contribution >= 4 is 21.6 Å². The molecule has 2 nitrogen and oxygen atoms in total. The van der Waals surface area contributed by atoms with Crippen LogP contribution in [0.15, 0.2) is 46.9 Å². The zero-order valence-corrected chi connectivity index (χ0v) is 10.6. The summed E-state index contributed by atoms with van der Waals surface area (Å²) in [4.78, 5) is 0. The summed E-state index contributed by atoms with van der Waals surface area (Å²) in [5.41, 5.74) is 13.6. The van der Waals surface area contributed by atoms with Crippen LogP contribution in [0.3, 0.4) is 0 Å². The molecule has 0 heterocycles. The Hall–Kier alpha value is -1.39. The topological polar surface area (TPSA) is 52.0 Å². The largest absolute Gasteiger partial charge is 0.399 e. The van der Waals surface area contributed by atoms with Crippen LogP contribution in [-0.4, -0.2) is 0 Å². The van der Waals surface area contributed by atoms with Gasteiger partial charge >= 0.3 is 0 Å². The van der Waals surface area contributed by atoms with E-state index in [9.17, 15) is 4.39 Å². The highest BCUT2D eigenvalue weighted by molar-refractivity contribution is 9.10. The van der Waals surface area contributed by atoms with Crippen molar-refractivity contribution in [3.8, 4) is 0 Å². The predicted octanol–water partition coefficient (Wildman–Crippen LogP) is 3.22. The molecule has 0 saturated carbocycles. The lowest BCUT2D eigenvalue weighted by Crippen LogP contribution is -2.13. The minimum atomic E-state index is -0.518. The van der Waals surface area contributed by atoms with E-state index < -0.39 is 6.04 Å². The van der Waals surface area contributed by atoms with E-state index in [2.05, 4.69) is 15.9 Å². The van der Waals surface area contributed by atoms with E-state index in [0.717, 1.165) is 10.0 Å². The van der Waals surface area contributed by atoms with E-state index in [1.807, 2.05) is 6.07 Å². The zero-order valence-electron chi connectivity index (χ0n) is 9.03. The summed E-state index contributed by atoms with van der Waals surface area (Å²) >= 11 is 3.30. The van der Waals surface area contributed by atoms with E-state index >= 15 is 0 Å². The maximum Gasteiger partial charge on any atom is 0.128 e. The average Bonchev–Trinajstić information content (AvgIpc) is 2.31. The lowest BCUT2D eigenvalue weighted by Gasteiger charge is -2.14. The third-order valence-electron chi connectivity index (χ3n) is 2.56. The number of rotatable bonds is 2. The standard InChI is InChI=1S/C13H12BrFN2/c14-9-4-5-12(15)11(7-9)13(17)8-2-1-3-10(16)6-8/h1-7,13H,16-17H2. The molecule has 4 N–H and O–H groups in total. The van der Waals surface area contributed by atoms with Crippen molar-refractivity contribution in [2.24, 2.45) is 5.73 Å². The van der Waals surface area contributed by atoms with Gasteiger partial charge in [-0.3, -0.25) is 0 Å². The van der Waals surface area contributed by atoms with E-state index in [0.29, 0.717) is 11.3 Å². The van der Waals surface area contributed by atoms with Gasteiger partial charge in [0.25, 0.3) is 0 Å². The van der Waals surface area contributed by atoms with Crippen molar-refractivity contribution in [2.75, 3.05) is 5.73 Å². The van der Waals surface area contributed by atoms with Gasteiger partial charge < -0.3 is 11.5 Å². The normalized spacial score (nSPS) is 12.4. The Labute approximate surface area is 108 Å². The molecule has 88 valence electrons. The summed E-state index contributed by atoms with van der Waals surface area (Å²) in [6.45, 7) is 0. The lowest BCUT2D eigenvalue weighted by molar-refractivity contribution is 0.599. The van der Waals surface area contributed by atoms with Crippen LogP contribution < -0.4 is 11.5 Å². The van der Waals surface area contributed by atoms with Crippen molar-refractivity contribution in [1.82, 2.24) is 0 Å². The second-order valence-electron chi connectivity index (χ2n) is 3.81. The third-order valence-corrected chi connectivity index (χ3v) is 3.06. The third kappa shape index (κ3) is 2.65. The Morgan fingerprint density at radius 2 is 1.88 bits per heavy atom. The first-order valence-corrected chi connectivity index (χ1v) is 5.93. The molecule has 0 spiro atoms. The van der Waals surface area contributed by atoms with Crippen LogP contribution >= 0.6 is 15.9 Å². The van der Waals surface area contributed by atoms with E-state index in [1.54, 1.807) is 30.3 Å². The SMILES string of the molecule is Nc1cccc(C(N)c2cc(Br)ccc2F)c1. The Bertz CT molecular complexity index is 543. The molecule has 2 rings (SSSR count). The van der Waals surface area contributed by atoms with Crippen LogP contribution in [0.4, 0.5) is 10.1 Å². The summed E-state index contributed by atoms with van der Waals surface area (Å²) in [6.07, 6.45) is 0. The summed E-state index contributed by atoms with van der Waals surface area (Å²) in [6, 6.07) is 11.4. The van der Waals surface area contributed by atoms with Gasteiger partial charge in [0.05, 0.1) is 6.04 Å². The predicted molar refractivity (Wildman–Crippen MR) is 71.0 cm³/mol. The maximum atomic E-state index is 13.7. The highest BCUT2D eigenvalue weighted by Crippen LogP contribution is 2.26. The Balaban J connectivity index is 2.43. The van der Waals surface area contributed by atoms with Gasteiger partial charge in [-0.15, -0.1) is 0 Å². The molecule has 0 amide bonds. The molecule has 4 heteroatoms. The van der Waals surface area contributed by atoms with Gasteiger partial charge in [-0.25, -0.2) is 4.39 Å². The molecule has 1 unspecified atom stereocenters. The summed E-state index contributed by atoms with van der Waals surface area (Å²) in [5.74, 6) is -0.317. The van der Waals surface area contributed by atoms with Crippen LogP contribution in [0.2, 0.25) is 0 Å². The van der Waals surface area contributed by atoms with Crippen LogP contribution in [0.25, 0.3) is 0 Å². The maximum absolute atomic E-state index is 13.7. The Morgan fingerprint density at radius 1 is 1.12 bits per heavy atom. The number of nitrogen functional groups attached to an aromatic ring is 1. The monoisotopic (exact) mass is 294 g/mol. The molecule has 0 aliphatic carbocycles. The second-order valence-corrected chi connectivity index (χ2v) is 4.73. The number of hydrogen-bond donors (Lipinski definition) is 2. The summed E-state index contributed by atoms with van der Waals surface area (Å²) in [5, 5.41) is 0. The molecule has 0 fully saturated rings. The molecule has 2 aromatic rings. The number of halogens is 2. The smallest absolute Gasteiger partial charge is 0.128 e. The van der Waals surface area contributed by atoms with Gasteiger partial charge in [-0.1, -0.05) is 28.1 Å². The average molecular weight is 295 g/mol. The van der Waals surface area contributed by atoms with Gasteiger partial charge in [-0.05, 0) is 35.9 Å². The zero-order chi connectivity index (χ0) is 12.4. The quantitative estimate of drug-likeness (QED) is 0.836. The molecule has 0 aliphatic rings. The van der Waals surface area contributed by atoms with Crippen molar-refractivity contribution in [2.45, 2.75) is 6.04 Å². The van der Waals surface area contributed by atoms with Crippen LogP contribution in [0.5, 0.6) is 0 Å². The Kier molecular flexibility index (Phi) is 3.45. The van der Waals surface area contributed by atoms with Gasteiger partial charge in [-0.2, -0.15) is 0 Å². The van der Waals surface area contributed by atoms with Crippen LogP contribution in [-0.2, 0) is 0 Å². The van der Waals surface area contributed by atoms with Gasteiger partial charge in [0.1, 0.15) is 5.82 Å². The first-order valence-electron chi connectivity index (χ1n) is 5.14. The molecule has 0 aliphatic heterocycles. The van der Waals surface area contributed by atoms with Gasteiger partial charge in [0, 0.05) is 15.7 Å². The number of hydrogen-bond acceptors (Lipinski definition) is 2. The van der Waals surface area contributed by atoms with Crippen molar-refractivity contribution in [3.05, 3.63) is 63.9 Å². The molecule has 0 aromatic heterocycles. The number of benzene rings is 2. The van der Waals surface area contributed by atoms with E-state index in [-0.39, 0.29) is 5.82 Å². The lowest BCUT2D eigenvalue weighted by atomic mass is 9.99. The fourth-order valence-corrected chi connectivity index (χ4v) is 2.06. The summed E-state index contributed by atoms with van der Waals surface area (Å²) < 4.78 is 14.5. The first kappa shape index (κ1) is 12.1. The van der Waals surface area contributed by atoms with E-state index in [1.165, 1.54) is 6.07 Å². The molecule has 1 atom stereocenters. The van der Waals surface area contributed by atoms with Crippen molar-refractivity contribution < 1.29 is 4.39 Å². The second kappa shape index (κ2) is 4.85. The Morgan fingerprint density at radius 3 is 2.59 bits per heavy atom. The molecule has 0 saturated heterocycles. The van der Waals surface area contributed by atoms with Crippen molar-refractivity contribution in [3.63, 3.8) is 0 Å². The minimum Gasteiger partial charge on any atom is -0.399 e. The van der Waals surface area contributed by atoms with Gasteiger partial charge in [0.15, 0.2) is 0 Å². The van der Waals surface area contributed by atoms with E-state index in [4.69, 9.17) is 11.5 Å². The fraction of sp³-hybridized carbons (Fsp3) is 0.0769. The number of nitrogens with two attached hydrogens (primary N) is 2. The van der Waals surface area contributed by atoms with Crippen LogP contribution in [0, 0.1) is 5.82 Å². The molecule has 2 aromatic carbocycles. The highest BCUT2D eigenvalue weighted by Gasteiger charge is 2.14. The van der Waals surface area contributed by atoms with Crippen LogP contribution in [0.1, 0.15) is 17.2 Å². The summed E-state index contributed by atoms with van der Waals surface area (Å²) in [7, 11) is 0. The van der Waals surface area contributed by atoms with Gasteiger partial charge in [0.2, 0.25) is 0 Å². The minimum absolute atomic E-state index is 0.317. The molecule has 17 heavy (non-hydrogen) atoms. The molecular weight excluding hydrogens is 283 g/mol. The number of anilines is 1. The van der Waals surface area contributed by atoms with Crippen molar-refractivity contribution in [1.29, 1.82) is 0 Å². The highest BCUT2D eigenvalue weighted by atomic mass is 79.9. The molecular formula is C13H12BrFN2.